The van der Waals surface area contributed by atoms with Crippen LogP contribution in [-0.2, 0) is 0 Å². The Labute approximate surface area is 90.9 Å². The predicted molar refractivity (Wildman–Crippen MR) is 43.4 cm³/mol. The number of hydrogen-bond donors (Lipinski definition) is 2. The molecule has 0 aliphatic carbocycles. The second-order valence-corrected chi connectivity index (χ2v) is 2.62. The highest BCUT2D eigenvalue weighted by atomic mass is 35.5. The van der Waals surface area contributed by atoms with E-state index in [0.717, 1.165) is 0 Å². The Morgan fingerprint density at radius 1 is 1.15 bits per heavy atom. The fourth-order valence-corrected chi connectivity index (χ4v) is 1.00. The maximum Gasteiger partial charge on any atom is 0.331 e. The first-order valence-electron chi connectivity index (χ1n) is 3.23. The zero-order valence-electron chi connectivity index (χ0n) is 6.41. The van der Waals surface area contributed by atoms with Gasteiger partial charge in [0.2, 0.25) is 10.6 Å². The van der Waals surface area contributed by atoms with Crippen molar-refractivity contribution in [1.29, 1.82) is 0 Å². The second kappa shape index (κ2) is 6.28. The van der Waals surface area contributed by atoms with Gasteiger partial charge in [0.1, 0.15) is 6.54 Å². The van der Waals surface area contributed by atoms with E-state index in [1.54, 1.807) is 5.32 Å². The van der Waals surface area contributed by atoms with Crippen LogP contribution in [0.3, 0.4) is 0 Å². The molecule has 13 heavy (non-hydrogen) atoms. The number of hydrogen-bond acceptors (Lipinski definition) is 4. The molecule has 0 saturated heterocycles. The third-order valence-corrected chi connectivity index (χ3v) is 1.39. The summed E-state index contributed by atoms with van der Waals surface area (Å²) in [5, 5.41) is 10.2. The van der Waals surface area contributed by atoms with Gasteiger partial charge in [-0.3, -0.25) is 5.32 Å². The molecule has 5 nitrogen and oxygen atoms in total. The van der Waals surface area contributed by atoms with E-state index >= 15 is 0 Å². The Bertz CT molecular complexity index is 252. The van der Waals surface area contributed by atoms with Crippen LogP contribution < -0.4 is 17.7 Å². The molecule has 0 aliphatic rings. The van der Waals surface area contributed by atoms with Crippen LogP contribution in [0.4, 0.5) is 5.95 Å². The molecule has 0 fully saturated rings. The summed E-state index contributed by atoms with van der Waals surface area (Å²) in [6, 6.07) is 0. The number of halogens is 3. The molecule has 0 aliphatic heterocycles. The molecule has 0 spiro atoms. The van der Waals surface area contributed by atoms with E-state index in [1.807, 2.05) is 0 Å². The molecule has 0 atom stereocenters. The van der Waals surface area contributed by atoms with E-state index in [-0.39, 0.29) is 29.6 Å². The number of aromatic nitrogens is 3. The quantitative estimate of drug-likeness (QED) is 0.576. The van der Waals surface area contributed by atoms with Gasteiger partial charge in [-0.2, -0.15) is 4.98 Å². The van der Waals surface area contributed by atoms with Crippen LogP contribution in [0, 0.1) is 0 Å². The molecule has 0 amide bonds. The maximum absolute atomic E-state index is 8.50. The zero-order valence-corrected chi connectivity index (χ0v) is 8.68. The van der Waals surface area contributed by atoms with Crippen molar-refractivity contribution < 1.29 is 22.8 Å². The Morgan fingerprint density at radius 3 is 2.15 bits per heavy atom. The minimum absolute atomic E-state index is 0. The lowest BCUT2D eigenvalue weighted by molar-refractivity contribution is -0.580. The summed E-state index contributed by atoms with van der Waals surface area (Å²) in [7, 11) is 0. The van der Waals surface area contributed by atoms with Crippen LogP contribution in [0.25, 0.3) is 0 Å². The monoisotopic (exact) mass is 244 g/mol. The average molecular weight is 245 g/mol. The van der Waals surface area contributed by atoms with Gasteiger partial charge in [-0.25, -0.2) is 0 Å². The summed E-state index contributed by atoms with van der Waals surface area (Å²) in [6.45, 7) is 0.512. The molecule has 1 rings (SSSR count). The van der Waals surface area contributed by atoms with Crippen molar-refractivity contribution in [3.05, 3.63) is 10.6 Å². The van der Waals surface area contributed by atoms with Crippen molar-refractivity contribution in [2.75, 3.05) is 13.2 Å². The fraction of sp³-hybridized carbons (Fsp3) is 0.400. The van der Waals surface area contributed by atoms with Gasteiger partial charge in [0, 0.05) is 0 Å². The molecule has 1 aromatic rings. The third-order valence-electron chi connectivity index (χ3n) is 1.05. The van der Waals surface area contributed by atoms with Crippen LogP contribution in [-0.4, -0.2) is 33.2 Å². The van der Waals surface area contributed by atoms with Crippen molar-refractivity contribution in [2.24, 2.45) is 0 Å². The lowest BCUT2D eigenvalue weighted by Crippen LogP contribution is -3.00. The number of quaternary nitrogens is 1. The smallest absolute Gasteiger partial charge is 0.331 e. The first kappa shape index (κ1) is 12.8. The molecule has 3 N–H and O–H groups in total. The van der Waals surface area contributed by atoms with Crippen LogP contribution in [0.15, 0.2) is 0 Å². The van der Waals surface area contributed by atoms with E-state index < -0.39 is 0 Å². The van der Waals surface area contributed by atoms with E-state index in [1.165, 1.54) is 0 Å². The Kier molecular flexibility index (Phi) is 6.19. The van der Waals surface area contributed by atoms with Crippen molar-refractivity contribution in [2.45, 2.75) is 0 Å². The third kappa shape index (κ3) is 4.54. The average Bonchev–Trinajstić information content (AvgIpc) is 1.99. The van der Waals surface area contributed by atoms with Crippen molar-refractivity contribution in [3.8, 4) is 0 Å². The molecule has 0 bridgehead atoms. The van der Waals surface area contributed by atoms with Gasteiger partial charge >= 0.3 is 5.95 Å². The standard InChI is InChI=1S/C5H6Cl2N4O.ClH/c6-3-9-4(7)11-5(10-3)8-1-2-12;/h12H,1-2H2,(H,8,9,10,11);1H. The van der Waals surface area contributed by atoms with Gasteiger partial charge in [0.05, 0.1) is 6.61 Å². The number of nitrogens with two attached hydrogens (primary N) is 1. The van der Waals surface area contributed by atoms with Crippen LogP contribution >= 0.6 is 23.2 Å². The van der Waals surface area contributed by atoms with E-state index in [4.69, 9.17) is 28.3 Å². The van der Waals surface area contributed by atoms with Gasteiger partial charge in [0.25, 0.3) is 0 Å². The Balaban J connectivity index is 0.00000144. The lowest BCUT2D eigenvalue weighted by atomic mass is 10.7. The van der Waals surface area contributed by atoms with E-state index in [2.05, 4.69) is 15.0 Å². The molecule has 0 saturated carbocycles. The molecule has 1 aromatic heterocycles. The summed E-state index contributed by atoms with van der Waals surface area (Å²) in [6.07, 6.45) is 0. The largest absolute Gasteiger partial charge is 1.00 e. The maximum atomic E-state index is 8.50. The molecule has 74 valence electrons. The summed E-state index contributed by atoms with van der Waals surface area (Å²) in [5.41, 5.74) is 0. The Morgan fingerprint density at radius 2 is 1.69 bits per heavy atom. The van der Waals surface area contributed by atoms with Gasteiger partial charge in [0.15, 0.2) is 0 Å². The normalized spacial score (nSPS) is 9.46. The number of rotatable bonds is 3. The highest BCUT2D eigenvalue weighted by Gasteiger charge is 2.04. The van der Waals surface area contributed by atoms with E-state index in [0.29, 0.717) is 12.5 Å². The van der Waals surface area contributed by atoms with Crippen LogP contribution in [0.5, 0.6) is 0 Å². The summed E-state index contributed by atoms with van der Waals surface area (Å²) in [5.74, 6) is 0.383. The van der Waals surface area contributed by atoms with Gasteiger partial charge < -0.3 is 17.5 Å². The zero-order chi connectivity index (χ0) is 8.97. The van der Waals surface area contributed by atoms with Crippen molar-refractivity contribution in [1.82, 2.24) is 15.0 Å². The van der Waals surface area contributed by atoms with Gasteiger partial charge in [-0.05, 0) is 23.2 Å². The molecule has 0 aromatic carbocycles. The molecular formula is C5H7Cl3N4O. The summed E-state index contributed by atoms with van der Waals surface area (Å²) in [4.78, 5) is 11.1. The summed E-state index contributed by atoms with van der Waals surface area (Å²) >= 11 is 11.0. The Hall–Kier alpha value is -0.200. The highest BCUT2D eigenvalue weighted by Crippen LogP contribution is 2.05. The molecule has 0 unspecified atom stereocenters. The number of aliphatic hydroxyl groups is 1. The fourth-order valence-electron chi connectivity index (χ4n) is 0.625. The van der Waals surface area contributed by atoms with Crippen LogP contribution in [0.1, 0.15) is 0 Å². The first-order valence-corrected chi connectivity index (χ1v) is 3.99. The van der Waals surface area contributed by atoms with Crippen molar-refractivity contribution in [3.63, 3.8) is 0 Å². The molecular weight excluding hydrogens is 238 g/mol. The topological polar surface area (TPSA) is 75.5 Å². The molecule has 8 heteroatoms. The number of aliphatic hydroxyl groups excluding tert-OH is 1. The van der Waals surface area contributed by atoms with Crippen LogP contribution in [0.2, 0.25) is 10.6 Å². The highest BCUT2D eigenvalue weighted by molar-refractivity contribution is 6.31. The number of nitrogens with zero attached hydrogens (tertiary/aromatic N) is 3. The van der Waals surface area contributed by atoms with Crippen molar-refractivity contribution >= 4 is 29.2 Å². The molecule has 1 heterocycles. The SMILES string of the molecule is OCC[NH2+]c1nc(Cl)nc(Cl)n1.[Cl-]. The summed E-state index contributed by atoms with van der Waals surface area (Å²) < 4.78 is 0. The molecule has 0 radical (unpaired) electrons. The minimum Gasteiger partial charge on any atom is -1.00 e. The first-order chi connectivity index (χ1) is 5.72. The predicted octanol–water partition coefficient (Wildman–Crippen LogP) is -3.63. The second-order valence-electron chi connectivity index (χ2n) is 1.95. The van der Waals surface area contributed by atoms with E-state index in [9.17, 15) is 0 Å². The minimum atomic E-state index is 0. The van der Waals surface area contributed by atoms with Gasteiger partial charge in [-0.15, -0.1) is 9.97 Å². The van der Waals surface area contributed by atoms with Gasteiger partial charge in [-0.1, -0.05) is 0 Å². The lowest BCUT2D eigenvalue weighted by Gasteiger charge is -1.96.